The number of anilines is 1. The first kappa shape index (κ1) is 66.1. The van der Waals surface area contributed by atoms with Crippen LogP contribution in [0.2, 0.25) is 41.4 Å². The van der Waals surface area contributed by atoms with Crippen molar-refractivity contribution in [3.63, 3.8) is 0 Å². The van der Waals surface area contributed by atoms with Crippen molar-refractivity contribution in [2.24, 2.45) is 0 Å². The summed E-state index contributed by atoms with van der Waals surface area (Å²) in [6.45, 7) is 36.0. The number of alkyl halides is 6. The lowest BCUT2D eigenvalue weighted by atomic mass is 10.1. The van der Waals surface area contributed by atoms with E-state index in [1.807, 2.05) is 41.5 Å². The molecule has 0 radical (unpaired) electrons. The minimum absolute atomic E-state index is 0.0296. The van der Waals surface area contributed by atoms with Crippen LogP contribution in [0.1, 0.15) is 131 Å². The first-order valence-electron chi connectivity index (χ1n) is 26.1. The molecule has 4 atom stereocenters. The van der Waals surface area contributed by atoms with Crippen molar-refractivity contribution >= 4 is 89.3 Å². The Morgan fingerprint density at radius 3 is 1.56 bits per heavy atom. The van der Waals surface area contributed by atoms with Crippen LogP contribution in [0.5, 0.6) is 0 Å². The molecular weight excluding hydrogens is 1100 g/mol. The minimum atomic E-state index is -4.29. The predicted molar refractivity (Wildman–Crippen MR) is 303 cm³/mol. The van der Waals surface area contributed by atoms with Crippen LogP contribution >= 0.6 is 34.3 Å². The summed E-state index contributed by atoms with van der Waals surface area (Å²) in [4.78, 5) is 44.1. The fourth-order valence-electron chi connectivity index (χ4n) is 8.05. The Bertz CT molecular complexity index is 2540. The number of rotatable bonds is 15. The number of carbonyl (C=O) groups excluding carboxylic acids is 2. The molecule has 4 aromatic heterocycles. The Labute approximate surface area is 466 Å². The van der Waals surface area contributed by atoms with Crippen LogP contribution in [0.25, 0.3) is 20.4 Å². The molecule has 2 fully saturated rings. The molecule has 436 valence electrons. The van der Waals surface area contributed by atoms with Crippen molar-refractivity contribution in [3.05, 3.63) is 39.7 Å². The molecular formula is C52H83ClF6N8O6S2Si2. The topological polar surface area (TPSA) is 162 Å². The number of fused-ring (bicyclic) bond motifs is 2. The van der Waals surface area contributed by atoms with E-state index < -0.39 is 59.1 Å². The maximum Gasteiger partial charge on any atom is 0.407 e. The lowest BCUT2D eigenvalue weighted by molar-refractivity contribution is -0.127. The van der Waals surface area contributed by atoms with Crippen molar-refractivity contribution in [2.75, 3.05) is 31.2 Å². The van der Waals surface area contributed by atoms with Gasteiger partial charge in [0.2, 0.25) is 0 Å². The summed E-state index contributed by atoms with van der Waals surface area (Å²) in [5.74, 6) is 0.612. The van der Waals surface area contributed by atoms with Gasteiger partial charge < -0.3 is 39.2 Å². The Kier molecular flexibility index (Phi) is 22.7. The summed E-state index contributed by atoms with van der Waals surface area (Å²) in [5, 5.41) is 11.1. The van der Waals surface area contributed by atoms with E-state index in [2.05, 4.69) is 109 Å². The first-order chi connectivity index (χ1) is 35.1. The number of amides is 2. The first-order valence-corrected chi connectivity index (χ1v) is 34.0. The van der Waals surface area contributed by atoms with Gasteiger partial charge in [0.05, 0.1) is 24.8 Å². The van der Waals surface area contributed by atoms with Crippen molar-refractivity contribution in [3.8, 4) is 0 Å². The SMILES string of the molecule is CC(C)(C)OC(=O)N[C@H]1CC[C@@H](N(CCO[Si](C)(C)C(C)(C)C)c2ncnc3sc(CC(F)(F)F)cc23)C1.CC(C)(C)OC(=O)N[C@H]1CC[C@@H](NCCO[Si](C)(C)C(C)(C)C)C1.FC(F)(F)Cc1cc2c(Cl)ncnc2s1. The predicted octanol–water partition coefficient (Wildman–Crippen LogP) is 14.6. The Balaban J connectivity index is 0.000000278. The molecule has 4 aromatic rings. The van der Waals surface area contributed by atoms with Crippen LogP contribution in [-0.2, 0) is 31.2 Å². The van der Waals surface area contributed by atoms with Crippen molar-refractivity contribution in [1.82, 2.24) is 35.9 Å². The summed E-state index contributed by atoms with van der Waals surface area (Å²) < 4.78 is 99.0. The Morgan fingerprint density at radius 2 is 1.08 bits per heavy atom. The van der Waals surface area contributed by atoms with Crippen molar-refractivity contribution in [1.29, 1.82) is 0 Å². The minimum Gasteiger partial charge on any atom is -0.444 e. The molecule has 0 unspecified atom stereocenters. The van der Waals surface area contributed by atoms with Gasteiger partial charge in [-0.1, -0.05) is 53.1 Å². The van der Waals surface area contributed by atoms with Gasteiger partial charge in [-0.3, -0.25) is 0 Å². The van der Waals surface area contributed by atoms with Gasteiger partial charge in [0.1, 0.15) is 44.5 Å². The second kappa shape index (κ2) is 26.5. The van der Waals surface area contributed by atoms with E-state index >= 15 is 0 Å². The van der Waals surface area contributed by atoms with Gasteiger partial charge in [-0.05, 0) is 128 Å². The number of nitrogens with one attached hydrogen (secondary N) is 3. The zero-order chi connectivity index (χ0) is 58.2. The fraction of sp³-hybridized carbons (Fsp3) is 0.731. The normalized spacial score (nSPS) is 18.8. The average molecular weight is 1190 g/mol. The molecule has 0 spiro atoms. The number of alkyl carbamates (subject to hydrolysis) is 2. The number of nitrogens with zero attached hydrogens (tertiary/aromatic N) is 5. The molecule has 2 saturated carbocycles. The van der Waals surface area contributed by atoms with Crippen molar-refractivity contribution < 1.29 is 54.3 Å². The molecule has 6 rings (SSSR count). The molecule has 0 aromatic carbocycles. The van der Waals surface area contributed by atoms with Gasteiger partial charge in [-0.15, -0.1) is 22.7 Å². The number of hydrogen-bond acceptors (Lipinski definition) is 14. The van der Waals surface area contributed by atoms with Crippen LogP contribution in [0.4, 0.5) is 41.7 Å². The highest BCUT2D eigenvalue weighted by molar-refractivity contribution is 7.19. The van der Waals surface area contributed by atoms with Crippen LogP contribution in [0.3, 0.4) is 0 Å². The molecule has 25 heteroatoms. The van der Waals surface area contributed by atoms with E-state index in [1.54, 1.807) is 6.07 Å². The molecule has 4 heterocycles. The third-order valence-corrected chi connectivity index (χ3v) is 25.3. The number of hydrogen-bond donors (Lipinski definition) is 3. The highest BCUT2D eigenvalue weighted by Crippen LogP contribution is 2.40. The van der Waals surface area contributed by atoms with Gasteiger partial charge in [0.25, 0.3) is 0 Å². The molecule has 14 nitrogen and oxygen atoms in total. The van der Waals surface area contributed by atoms with Gasteiger partial charge in [0.15, 0.2) is 16.6 Å². The maximum absolute atomic E-state index is 13.1. The molecule has 2 aliphatic carbocycles. The molecule has 0 bridgehead atoms. The number of ether oxygens (including phenoxy) is 2. The van der Waals surface area contributed by atoms with Gasteiger partial charge in [-0.2, -0.15) is 26.3 Å². The van der Waals surface area contributed by atoms with Crippen LogP contribution in [0, 0.1) is 0 Å². The van der Waals surface area contributed by atoms with Gasteiger partial charge in [0, 0.05) is 59.0 Å². The summed E-state index contributed by atoms with van der Waals surface area (Å²) in [5.41, 5.74) is -1.03. The van der Waals surface area contributed by atoms with Crippen LogP contribution < -0.4 is 20.9 Å². The van der Waals surface area contributed by atoms with Gasteiger partial charge in [-0.25, -0.2) is 29.5 Å². The maximum atomic E-state index is 13.1. The summed E-state index contributed by atoms with van der Waals surface area (Å²) in [7, 11) is -3.66. The Hall–Kier alpha value is -3.40. The van der Waals surface area contributed by atoms with E-state index in [-0.39, 0.29) is 49.2 Å². The van der Waals surface area contributed by atoms with E-state index in [0.717, 1.165) is 67.9 Å². The molecule has 77 heavy (non-hydrogen) atoms. The van der Waals surface area contributed by atoms with Crippen LogP contribution in [-0.4, -0.2) is 123 Å². The van der Waals surface area contributed by atoms with E-state index in [9.17, 15) is 35.9 Å². The van der Waals surface area contributed by atoms with Crippen molar-refractivity contribution in [2.45, 2.75) is 218 Å². The monoisotopic (exact) mass is 1180 g/mol. The molecule has 3 N–H and O–H groups in total. The highest BCUT2D eigenvalue weighted by Gasteiger charge is 2.40. The fourth-order valence-corrected chi connectivity index (χ4v) is 12.4. The number of halogens is 7. The molecule has 0 aliphatic heterocycles. The number of carbonyl (C=O) groups is 2. The van der Waals surface area contributed by atoms with Gasteiger partial charge >= 0.3 is 24.5 Å². The average Bonchev–Trinajstić information content (AvgIpc) is 4.06. The molecule has 2 amide bonds. The van der Waals surface area contributed by atoms with E-state index in [1.165, 1.54) is 18.7 Å². The Morgan fingerprint density at radius 1 is 0.636 bits per heavy atom. The summed E-state index contributed by atoms with van der Waals surface area (Å²) >= 11 is 7.75. The third kappa shape index (κ3) is 22.2. The van der Waals surface area contributed by atoms with E-state index in [0.29, 0.717) is 51.9 Å². The zero-order valence-electron chi connectivity index (χ0n) is 47.8. The summed E-state index contributed by atoms with van der Waals surface area (Å²) in [6.07, 6.45) is -3.28. The quantitative estimate of drug-likeness (QED) is 0.0448. The van der Waals surface area contributed by atoms with E-state index in [4.69, 9.17) is 29.9 Å². The zero-order valence-corrected chi connectivity index (χ0v) is 52.1. The molecule has 2 aliphatic rings. The lowest BCUT2D eigenvalue weighted by Crippen LogP contribution is -2.45. The number of aromatic nitrogens is 4. The van der Waals surface area contributed by atoms with Crippen LogP contribution in [0.15, 0.2) is 24.8 Å². The standard InChI is InChI=1S/C26H41F3N4O3SSi.C18H38N2O3Si.C8H4ClF3N2S/c1-24(2,3)36-23(34)32-17-9-10-18(13-17)33(11-12-35-38(7,8)25(4,5)6)21-20-14-19(15-26(27,28)29)37-22(20)31-16-30-21;1-17(2,3)23-16(21)20-15-10-9-14(13-15)19-11-12-22-24(7,8)18(4,5)6;9-6-5-1-4(2-8(10,11)12)15-7(5)14-3-13-6/h14,16-18H,9-13,15H2,1-8H3,(H,32,34);14-15,19H,9-13H2,1-8H3,(H,20,21);1,3H,2H2/t17-,18+;14-,15+;/m01./s1. The number of thiophene rings is 2. The largest absolute Gasteiger partial charge is 0.444 e. The molecule has 0 saturated heterocycles. The smallest absolute Gasteiger partial charge is 0.407 e. The summed E-state index contributed by atoms with van der Waals surface area (Å²) in [6, 6.07) is 3.57. The highest BCUT2D eigenvalue weighted by atomic mass is 35.5. The lowest BCUT2D eigenvalue weighted by Gasteiger charge is -2.38. The second-order valence-corrected chi connectivity index (χ2v) is 37.0. The third-order valence-electron chi connectivity index (χ3n) is 13.8. The second-order valence-electron chi connectivity index (χ2n) is 24.8.